The summed E-state index contributed by atoms with van der Waals surface area (Å²) in [5, 5.41) is 16.0. The van der Waals surface area contributed by atoms with E-state index in [9.17, 15) is 5.11 Å². The Kier molecular flexibility index (Phi) is 8.67. The Morgan fingerprint density at radius 2 is 0.775 bits per heavy atom. The second kappa shape index (κ2) is 12.9. The summed E-state index contributed by atoms with van der Waals surface area (Å²) in [6.07, 6.45) is 0.806. The number of benzene rings is 5. The van der Waals surface area contributed by atoms with E-state index in [1.165, 1.54) is 21.2 Å². The van der Waals surface area contributed by atoms with E-state index in [4.69, 9.17) is 9.47 Å². The molecule has 5 heteroatoms. The van der Waals surface area contributed by atoms with Gasteiger partial charge in [-0.15, -0.1) is 0 Å². The van der Waals surface area contributed by atoms with E-state index in [-0.39, 0.29) is 18.0 Å². The SMILES string of the molecule is Oc1ccccc1C1O[C@@H](CP(c2ccccc2)c2ccccc2)[C@H](CP(c2ccccc2)c2ccccc2)O1. The van der Waals surface area contributed by atoms with Crippen molar-refractivity contribution in [2.24, 2.45) is 0 Å². The molecule has 0 spiro atoms. The lowest BCUT2D eigenvalue weighted by Crippen LogP contribution is -2.33. The molecule has 0 saturated carbocycles. The Bertz CT molecular complexity index is 1310. The van der Waals surface area contributed by atoms with E-state index in [2.05, 4.69) is 121 Å². The molecule has 1 aliphatic rings. The van der Waals surface area contributed by atoms with Gasteiger partial charge in [0.05, 0.1) is 12.2 Å². The molecular weight excluding hydrogens is 530 g/mol. The highest BCUT2D eigenvalue weighted by molar-refractivity contribution is 7.73. The van der Waals surface area contributed by atoms with Gasteiger partial charge in [0.25, 0.3) is 0 Å². The molecule has 1 heterocycles. The lowest BCUT2D eigenvalue weighted by atomic mass is 10.2. The molecule has 5 aromatic rings. The van der Waals surface area contributed by atoms with E-state index in [0.29, 0.717) is 5.56 Å². The topological polar surface area (TPSA) is 38.7 Å². The maximum atomic E-state index is 10.7. The summed E-state index contributed by atoms with van der Waals surface area (Å²) in [7, 11) is -1.36. The summed E-state index contributed by atoms with van der Waals surface area (Å²) < 4.78 is 13.5. The molecule has 6 rings (SSSR count). The van der Waals surface area contributed by atoms with Crippen molar-refractivity contribution in [3.8, 4) is 5.75 Å². The first-order valence-electron chi connectivity index (χ1n) is 13.6. The van der Waals surface area contributed by atoms with Crippen LogP contribution in [0.1, 0.15) is 11.9 Å². The summed E-state index contributed by atoms with van der Waals surface area (Å²) in [4.78, 5) is 0. The van der Waals surface area contributed by atoms with Gasteiger partial charge in [0.1, 0.15) is 5.75 Å². The third-order valence-electron chi connectivity index (χ3n) is 7.20. The molecule has 0 unspecified atom stereocenters. The maximum Gasteiger partial charge on any atom is 0.188 e. The average Bonchev–Trinajstić information content (AvgIpc) is 3.42. The predicted molar refractivity (Wildman–Crippen MR) is 168 cm³/mol. The number of hydrogen-bond acceptors (Lipinski definition) is 3. The quantitative estimate of drug-likeness (QED) is 0.210. The zero-order valence-corrected chi connectivity index (χ0v) is 23.9. The monoisotopic (exact) mass is 562 g/mol. The number of rotatable bonds is 9. The smallest absolute Gasteiger partial charge is 0.188 e. The van der Waals surface area contributed by atoms with Crippen molar-refractivity contribution in [2.45, 2.75) is 18.5 Å². The van der Waals surface area contributed by atoms with Crippen LogP contribution in [-0.4, -0.2) is 29.6 Å². The molecule has 0 bridgehead atoms. The fourth-order valence-electron chi connectivity index (χ4n) is 5.19. The second-order valence-corrected chi connectivity index (χ2v) is 14.3. The van der Waals surface area contributed by atoms with Crippen LogP contribution in [0.5, 0.6) is 5.75 Å². The van der Waals surface area contributed by atoms with Gasteiger partial charge in [0.15, 0.2) is 6.29 Å². The molecule has 2 atom stereocenters. The van der Waals surface area contributed by atoms with Gasteiger partial charge in [-0.1, -0.05) is 140 Å². The van der Waals surface area contributed by atoms with E-state index in [1.807, 2.05) is 18.2 Å². The molecular formula is C35H32O3P2. The number of phenols is 1. The molecule has 1 fully saturated rings. The van der Waals surface area contributed by atoms with Crippen molar-refractivity contribution in [3.63, 3.8) is 0 Å². The molecule has 200 valence electrons. The first-order chi connectivity index (χ1) is 19.8. The van der Waals surface area contributed by atoms with Crippen molar-refractivity contribution in [1.82, 2.24) is 0 Å². The molecule has 3 nitrogen and oxygen atoms in total. The van der Waals surface area contributed by atoms with Crippen molar-refractivity contribution < 1.29 is 14.6 Å². The summed E-state index contributed by atoms with van der Waals surface area (Å²) in [5.74, 6) is 0.202. The van der Waals surface area contributed by atoms with Crippen LogP contribution in [0.25, 0.3) is 0 Å². The van der Waals surface area contributed by atoms with Gasteiger partial charge in [-0.05, 0) is 43.1 Å². The zero-order chi connectivity index (χ0) is 27.1. The van der Waals surface area contributed by atoms with Crippen LogP contribution < -0.4 is 21.2 Å². The fraction of sp³-hybridized carbons (Fsp3) is 0.143. The van der Waals surface area contributed by atoms with Crippen LogP contribution in [0.4, 0.5) is 0 Å². The Hall–Kier alpha value is -3.32. The van der Waals surface area contributed by atoms with Crippen LogP contribution in [0, 0.1) is 0 Å². The molecule has 40 heavy (non-hydrogen) atoms. The van der Waals surface area contributed by atoms with Gasteiger partial charge in [-0.3, -0.25) is 0 Å². The molecule has 0 radical (unpaired) electrons. The minimum atomic E-state index is -0.678. The van der Waals surface area contributed by atoms with Crippen LogP contribution in [0.2, 0.25) is 0 Å². The van der Waals surface area contributed by atoms with Crippen LogP contribution in [0.3, 0.4) is 0 Å². The fourth-order valence-corrected chi connectivity index (χ4v) is 10.1. The number of aromatic hydroxyl groups is 1. The molecule has 0 aliphatic carbocycles. The van der Waals surface area contributed by atoms with E-state index in [0.717, 1.165) is 12.3 Å². The van der Waals surface area contributed by atoms with Gasteiger partial charge >= 0.3 is 0 Å². The van der Waals surface area contributed by atoms with Crippen molar-refractivity contribution in [3.05, 3.63) is 151 Å². The average molecular weight is 563 g/mol. The van der Waals surface area contributed by atoms with E-state index < -0.39 is 22.1 Å². The van der Waals surface area contributed by atoms with Crippen LogP contribution in [-0.2, 0) is 9.47 Å². The van der Waals surface area contributed by atoms with Gasteiger partial charge in [0, 0.05) is 17.9 Å². The van der Waals surface area contributed by atoms with E-state index in [1.54, 1.807) is 6.07 Å². The first-order valence-corrected chi connectivity index (χ1v) is 16.7. The lowest BCUT2D eigenvalue weighted by molar-refractivity contribution is -0.0657. The van der Waals surface area contributed by atoms with Crippen molar-refractivity contribution in [1.29, 1.82) is 0 Å². The number of ether oxygens (including phenoxy) is 2. The Balaban J connectivity index is 1.36. The standard InChI is InChI=1S/C35H32O3P2/c36-32-24-14-13-23-31(32)35-37-33(25-39(27-15-5-1-6-16-27)28-17-7-2-8-18-28)34(38-35)26-40(29-19-9-3-10-20-29)30-21-11-4-12-22-30/h1-24,33-36H,25-26H2/t33-,34-/m0/s1. The zero-order valence-electron chi connectivity index (χ0n) is 22.2. The third-order valence-corrected chi connectivity index (χ3v) is 12.3. The minimum absolute atomic E-state index is 0.131. The molecule has 5 aromatic carbocycles. The largest absolute Gasteiger partial charge is 0.507 e. The Morgan fingerprint density at radius 1 is 0.450 bits per heavy atom. The maximum absolute atomic E-state index is 10.7. The highest BCUT2D eigenvalue weighted by Crippen LogP contribution is 2.46. The second-order valence-electron chi connectivity index (χ2n) is 9.80. The number of phenolic OH excluding ortho intramolecular Hbond substituents is 1. The molecule has 0 amide bonds. The molecule has 1 N–H and O–H groups in total. The summed E-state index contributed by atoms with van der Waals surface area (Å²) in [6, 6.07) is 50.4. The van der Waals surface area contributed by atoms with Crippen molar-refractivity contribution in [2.75, 3.05) is 12.3 Å². The van der Waals surface area contributed by atoms with E-state index >= 15 is 0 Å². The number of hydrogen-bond donors (Lipinski definition) is 1. The number of para-hydroxylation sites is 1. The highest BCUT2D eigenvalue weighted by atomic mass is 31.1. The van der Waals surface area contributed by atoms with Crippen LogP contribution >= 0.6 is 15.8 Å². The van der Waals surface area contributed by atoms with Gasteiger partial charge < -0.3 is 14.6 Å². The van der Waals surface area contributed by atoms with Crippen LogP contribution in [0.15, 0.2) is 146 Å². The molecule has 1 aliphatic heterocycles. The third kappa shape index (κ3) is 6.20. The summed E-state index contributed by atoms with van der Waals surface area (Å²) in [6.45, 7) is 0. The van der Waals surface area contributed by atoms with Gasteiger partial charge in [-0.2, -0.15) is 0 Å². The Morgan fingerprint density at radius 3 is 1.12 bits per heavy atom. The normalized spacial score (nSPS) is 17.4. The molecule has 1 saturated heterocycles. The van der Waals surface area contributed by atoms with Gasteiger partial charge in [0.2, 0.25) is 0 Å². The predicted octanol–water partition coefficient (Wildman–Crippen LogP) is 6.44. The Labute approximate surface area is 238 Å². The highest BCUT2D eigenvalue weighted by Gasteiger charge is 2.41. The van der Waals surface area contributed by atoms with Gasteiger partial charge in [-0.25, -0.2) is 0 Å². The summed E-state index contributed by atoms with van der Waals surface area (Å²) >= 11 is 0. The molecule has 0 aromatic heterocycles. The summed E-state index contributed by atoms with van der Waals surface area (Å²) in [5.41, 5.74) is 0.683. The lowest BCUT2D eigenvalue weighted by Gasteiger charge is -2.27. The van der Waals surface area contributed by atoms with Crippen molar-refractivity contribution >= 4 is 37.1 Å². The minimum Gasteiger partial charge on any atom is -0.507 e. The first kappa shape index (κ1) is 26.9.